The Morgan fingerprint density at radius 1 is 1.00 bits per heavy atom. The van der Waals surface area contributed by atoms with Gasteiger partial charge in [0.05, 0.1) is 15.9 Å². The van der Waals surface area contributed by atoms with Crippen molar-refractivity contribution in [2.24, 2.45) is 0 Å². The molecular weight excluding hydrogens is 358 g/mol. The Morgan fingerprint density at radius 3 is 2.56 bits per heavy atom. The molecule has 25 heavy (non-hydrogen) atoms. The molecule has 6 nitrogen and oxygen atoms in total. The smallest absolute Gasteiger partial charge is 0.258 e. The maximum absolute atomic E-state index is 12.3. The molecule has 0 amide bonds. The van der Waals surface area contributed by atoms with Crippen LogP contribution in [0.5, 0.6) is 0 Å². The summed E-state index contributed by atoms with van der Waals surface area (Å²) in [5.74, 6) is 0.325. The molecule has 0 saturated heterocycles. The van der Waals surface area contributed by atoms with E-state index in [4.69, 9.17) is 4.18 Å². The van der Waals surface area contributed by atoms with Crippen molar-refractivity contribution in [2.45, 2.75) is 18.4 Å². The topological polar surface area (TPSA) is 82.0 Å². The monoisotopic (exact) mass is 371 g/mol. The molecule has 2 heterocycles. The Bertz CT molecular complexity index is 1170. The van der Waals surface area contributed by atoms with Crippen LogP contribution in [0.3, 0.4) is 0 Å². The van der Waals surface area contributed by atoms with Gasteiger partial charge in [0.1, 0.15) is 12.1 Å². The third kappa shape index (κ3) is 3.11. The van der Waals surface area contributed by atoms with Crippen LogP contribution < -0.4 is 0 Å². The van der Waals surface area contributed by atoms with Gasteiger partial charge in [0, 0.05) is 10.8 Å². The van der Waals surface area contributed by atoms with E-state index >= 15 is 0 Å². The molecule has 0 atom stereocenters. The van der Waals surface area contributed by atoms with E-state index in [0.29, 0.717) is 16.9 Å². The summed E-state index contributed by atoms with van der Waals surface area (Å²) in [6.07, 6.45) is 0. The van der Waals surface area contributed by atoms with E-state index < -0.39 is 10.1 Å². The minimum atomic E-state index is -3.85. The largest absolute Gasteiger partial charge is 0.297 e. The van der Waals surface area contributed by atoms with Crippen molar-refractivity contribution in [1.29, 1.82) is 0 Å². The highest BCUT2D eigenvalue weighted by molar-refractivity contribution is 7.86. The van der Waals surface area contributed by atoms with Gasteiger partial charge in [-0.1, -0.05) is 17.7 Å². The summed E-state index contributed by atoms with van der Waals surface area (Å²) >= 11 is 1.36. The van der Waals surface area contributed by atoms with E-state index in [1.165, 1.54) is 23.7 Å². The van der Waals surface area contributed by atoms with Gasteiger partial charge >= 0.3 is 0 Å². The minimum absolute atomic E-state index is 0.116. The van der Waals surface area contributed by atoms with Gasteiger partial charge in [-0.15, -0.1) is 0 Å². The molecule has 2 aromatic heterocycles. The summed E-state index contributed by atoms with van der Waals surface area (Å²) in [7, 11) is -3.85. The second-order valence-electron chi connectivity index (χ2n) is 5.53. The van der Waals surface area contributed by atoms with Gasteiger partial charge in [-0.2, -0.15) is 12.8 Å². The number of aromatic nitrogens is 3. The normalized spacial score (nSPS) is 12.0. The lowest BCUT2D eigenvalue weighted by Crippen LogP contribution is -2.07. The summed E-state index contributed by atoms with van der Waals surface area (Å²) in [5, 5.41) is 2.76. The first-order valence-electron chi connectivity index (χ1n) is 7.49. The van der Waals surface area contributed by atoms with Gasteiger partial charge in [-0.05, 0) is 48.8 Å². The molecule has 4 rings (SSSR count). The Morgan fingerprint density at radius 2 is 1.76 bits per heavy atom. The van der Waals surface area contributed by atoms with E-state index in [0.717, 1.165) is 16.5 Å². The molecule has 0 unspecified atom stereocenters. The lowest BCUT2D eigenvalue weighted by Gasteiger charge is -2.04. The van der Waals surface area contributed by atoms with E-state index in [-0.39, 0.29) is 11.5 Å². The fourth-order valence-electron chi connectivity index (χ4n) is 2.48. The van der Waals surface area contributed by atoms with Crippen LogP contribution in [-0.2, 0) is 20.9 Å². The first-order valence-corrected chi connectivity index (χ1v) is 9.73. The van der Waals surface area contributed by atoms with Crippen molar-refractivity contribution in [1.82, 2.24) is 14.3 Å². The van der Waals surface area contributed by atoms with Crippen molar-refractivity contribution in [2.75, 3.05) is 0 Å². The van der Waals surface area contributed by atoms with Gasteiger partial charge in [-0.3, -0.25) is 4.18 Å². The predicted molar refractivity (Wildman–Crippen MR) is 95.9 cm³/mol. The lowest BCUT2D eigenvalue weighted by atomic mass is 10.2. The van der Waals surface area contributed by atoms with E-state index in [1.54, 1.807) is 12.1 Å². The number of hydrogen-bond donors (Lipinski definition) is 0. The van der Waals surface area contributed by atoms with Crippen LogP contribution in [-0.4, -0.2) is 22.8 Å². The molecule has 0 fully saturated rings. The number of benzene rings is 2. The molecule has 0 aliphatic rings. The van der Waals surface area contributed by atoms with Crippen LogP contribution in [0, 0.1) is 6.92 Å². The quantitative estimate of drug-likeness (QED) is 0.511. The number of nitrogens with zero attached hydrogens (tertiary/aromatic N) is 3. The third-order valence-electron chi connectivity index (χ3n) is 3.76. The standard InChI is InChI=1S/C17H13N3O3S2/c1-11-2-4-12(5-3-11)25(21,22)23-10-16-18-15-7-6-14-13(17(15)19-16)8-9-24-20-14/h2-9H,10H2,1H3. The average Bonchev–Trinajstić information content (AvgIpc) is 3.04. The first-order chi connectivity index (χ1) is 12.0. The zero-order valence-corrected chi connectivity index (χ0v) is 14.8. The Labute approximate surface area is 148 Å². The highest BCUT2D eigenvalue weighted by atomic mass is 32.2. The molecule has 0 spiro atoms. The van der Waals surface area contributed by atoms with E-state index in [2.05, 4.69) is 14.3 Å². The van der Waals surface area contributed by atoms with E-state index in [9.17, 15) is 8.42 Å². The Hall–Kier alpha value is -2.42. The van der Waals surface area contributed by atoms with Gasteiger partial charge in [0.25, 0.3) is 10.1 Å². The summed E-state index contributed by atoms with van der Waals surface area (Å²) in [5.41, 5.74) is 3.20. The van der Waals surface area contributed by atoms with Crippen LogP contribution in [0.2, 0.25) is 0 Å². The van der Waals surface area contributed by atoms with Gasteiger partial charge < -0.3 is 0 Å². The molecule has 0 aliphatic heterocycles. The molecule has 0 saturated carbocycles. The second kappa shape index (κ2) is 6.14. The number of rotatable bonds is 4. The fraction of sp³-hybridized carbons (Fsp3) is 0.118. The molecule has 0 aliphatic carbocycles. The zero-order valence-electron chi connectivity index (χ0n) is 13.2. The van der Waals surface area contributed by atoms with Gasteiger partial charge in [0.15, 0.2) is 5.82 Å². The fourth-order valence-corrected chi connectivity index (χ4v) is 3.88. The highest BCUT2D eigenvalue weighted by Crippen LogP contribution is 2.23. The van der Waals surface area contributed by atoms with Gasteiger partial charge in [-0.25, -0.2) is 9.97 Å². The molecule has 0 radical (unpaired) electrons. The number of fused-ring (bicyclic) bond motifs is 3. The van der Waals surface area contributed by atoms with Crippen LogP contribution in [0.15, 0.2) is 52.7 Å². The van der Waals surface area contributed by atoms with Gasteiger partial charge in [0.2, 0.25) is 0 Å². The molecule has 4 aromatic rings. The van der Waals surface area contributed by atoms with Crippen molar-refractivity contribution >= 4 is 43.6 Å². The number of hydrogen-bond acceptors (Lipinski definition) is 7. The third-order valence-corrected chi connectivity index (χ3v) is 5.60. The number of imidazole rings is 1. The maximum Gasteiger partial charge on any atom is 0.297 e. The van der Waals surface area contributed by atoms with E-state index in [1.807, 2.05) is 30.5 Å². The first kappa shape index (κ1) is 16.1. The summed E-state index contributed by atoms with van der Waals surface area (Å²) in [6, 6.07) is 12.1. The molecular formula is C17H13N3O3S2. The van der Waals surface area contributed by atoms with Crippen molar-refractivity contribution in [3.63, 3.8) is 0 Å². The Balaban J connectivity index is 1.62. The average molecular weight is 371 g/mol. The summed E-state index contributed by atoms with van der Waals surface area (Å²) < 4.78 is 34.0. The van der Waals surface area contributed by atoms with Crippen LogP contribution in [0.4, 0.5) is 0 Å². The molecule has 126 valence electrons. The molecule has 0 bridgehead atoms. The number of aryl methyl sites for hydroxylation is 1. The Kier molecular flexibility index (Phi) is 3.95. The van der Waals surface area contributed by atoms with Crippen molar-refractivity contribution < 1.29 is 12.6 Å². The SMILES string of the molecule is Cc1ccc(S(=O)(=O)OCc2nc3ccc4nsccc4c3n2)cc1. The molecule has 2 aromatic carbocycles. The van der Waals surface area contributed by atoms with Crippen LogP contribution in [0.1, 0.15) is 11.4 Å². The maximum atomic E-state index is 12.3. The zero-order chi connectivity index (χ0) is 17.4. The van der Waals surface area contributed by atoms with Crippen molar-refractivity contribution in [3.8, 4) is 0 Å². The lowest BCUT2D eigenvalue weighted by molar-refractivity contribution is 0.300. The highest BCUT2D eigenvalue weighted by Gasteiger charge is 2.17. The minimum Gasteiger partial charge on any atom is -0.258 e. The van der Waals surface area contributed by atoms with Crippen LogP contribution >= 0.6 is 11.5 Å². The second-order valence-corrected chi connectivity index (χ2v) is 7.82. The van der Waals surface area contributed by atoms with Crippen molar-refractivity contribution in [3.05, 3.63) is 59.2 Å². The summed E-state index contributed by atoms with van der Waals surface area (Å²) in [4.78, 5) is 8.88. The predicted octanol–water partition coefficient (Wildman–Crippen LogP) is 3.45. The molecule has 8 heteroatoms. The van der Waals surface area contributed by atoms with Crippen LogP contribution in [0.25, 0.3) is 21.9 Å². The summed E-state index contributed by atoms with van der Waals surface area (Å²) in [6.45, 7) is 1.68. The molecule has 0 N–H and O–H groups in total.